The van der Waals surface area contributed by atoms with Crippen LogP contribution < -0.4 is 4.90 Å². The van der Waals surface area contributed by atoms with Gasteiger partial charge >= 0.3 is 0 Å². The molecular weight excluding hydrogens is 679 g/mol. The van der Waals surface area contributed by atoms with Crippen LogP contribution in [0.5, 0.6) is 0 Å². The van der Waals surface area contributed by atoms with E-state index in [4.69, 9.17) is 4.42 Å². The first kappa shape index (κ1) is 33.0. The standard InChI is InChI=1S/C54H43NO/c1-53(2)47-20-11-9-16-45(47)50-48(53)32-31-44-43-18-12-17-40(51(43)56-52(44)50)36-23-27-38(28-24-36)55(37-25-21-35(22-26-37)34-13-6-5-7-14-34)39-29-30-42-41-15-8-10-19-46(41)54(3,4)49(42)33-39/h5-25,27-33,37H,26H2,1-4H3. The summed E-state index contributed by atoms with van der Waals surface area (Å²) in [6.45, 7) is 9.38. The van der Waals surface area contributed by atoms with Crippen LogP contribution in [-0.2, 0) is 10.8 Å². The number of para-hydroxylation sites is 1. The van der Waals surface area contributed by atoms with Crippen LogP contribution in [0.25, 0.3) is 60.9 Å². The average Bonchev–Trinajstić information content (AvgIpc) is 3.82. The monoisotopic (exact) mass is 721 g/mol. The van der Waals surface area contributed by atoms with Crippen molar-refractivity contribution >= 4 is 38.9 Å². The van der Waals surface area contributed by atoms with Crippen molar-refractivity contribution in [1.82, 2.24) is 0 Å². The largest absolute Gasteiger partial charge is 0.455 e. The quantitative estimate of drug-likeness (QED) is 0.176. The van der Waals surface area contributed by atoms with Gasteiger partial charge in [0.2, 0.25) is 0 Å². The van der Waals surface area contributed by atoms with Gasteiger partial charge in [-0.3, -0.25) is 0 Å². The van der Waals surface area contributed by atoms with Crippen molar-refractivity contribution in [3.8, 4) is 33.4 Å². The Balaban J connectivity index is 1.01. The van der Waals surface area contributed by atoms with Gasteiger partial charge in [-0.05, 0) is 86.3 Å². The van der Waals surface area contributed by atoms with E-state index in [0.29, 0.717) is 0 Å². The van der Waals surface area contributed by atoms with Gasteiger partial charge in [-0.15, -0.1) is 0 Å². The van der Waals surface area contributed by atoms with Crippen LogP contribution >= 0.6 is 0 Å². The molecule has 0 bridgehead atoms. The van der Waals surface area contributed by atoms with E-state index in [-0.39, 0.29) is 16.9 Å². The summed E-state index contributed by atoms with van der Waals surface area (Å²) < 4.78 is 6.98. The lowest BCUT2D eigenvalue weighted by molar-refractivity contribution is 0.653. The van der Waals surface area contributed by atoms with Crippen LogP contribution in [-0.4, -0.2) is 6.04 Å². The molecule has 0 spiro atoms. The first-order valence-electron chi connectivity index (χ1n) is 20.0. The number of anilines is 2. The molecule has 0 amide bonds. The number of hydrogen-bond donors (Lipinski definition) is 0. The predicted molar refractivity (Wildman–Crippen MR) is 235 cm³/mol. The zero-order chi connectivity index (χ0) is 37.8. The molecule has 0 fully saturated rings. The van der Waals surface area contributed by atoms with E-state index < -0.39 is 0 Å². The Labute approximate surface area is 329 Å². The molecule has 0 saturated heterocycles. The smallest absolute Gasteiger partial charge is 0.143 e. The van der Waals surface area contributed by atoms with Gasteiger partial charge in [0.1, 0.15) is 11.2 Å². The number of nitrogens with zero attached hydrogens (tertiary/aromatic N) is 1. The van der Waals surface area contributed by atoms with E-state index in [0.717, 1.165) is 34.1 Å². The number of hydrogen-bond acceptors (Lipinski definition) is 2. The average molecular weight is 722 g/mol. The highest BCUT2D eigenvalue weighted by molar-refractivity contribution is 6.14. The first-order chi connectivity index (χ1) is 27.3. The third-order valence-corrected chi connectivity index (χ3v) is 13.0. The van der Waals surface area contributed by atoms with Gasteiger partial charge in [0.05, 0.1) is 6.04 Å². The molecule has 3 aliphatic carbocycles. The SMILES string of the molecule is CC1(C)c2ccccc2-c2ccc(N(c3ccc(-c4cccc5c4oc4c6c(ccc45)C(C)(C)c4ccccc4-6)cc3)C3C=CC(c4ccccc4)=CC3)cc21. The van der Waals surface area contributed by atoms with Crippen molar-refractivity contribution in [2.75, 3.05) is 4.90 Å². The second-order valence-electron chi connectivity index (χ2n) is 16.8. The zero-order valence-electron chi connectivity index (χ0n) is 32.3. The summed E-state index contributed by atoms with van der Waals surface area (Å²) >= 11 is 0. The van der Waals surface area contributed by atoms with Crippen molar-refractivity contribution in [3.05, 3.63) is 198 Å². The molecule has 0 saturated carbocycles. The molecule has 1 heterocycles. The van der Waals surface area contributed by atoms with Crippen molar-refractivity contribution in [2.45, 2.75) is 51.0 Å². The summed E-state index contributed by atoms with van der Waals surface area (Å²) in [5, 5.41) is 2.33. The summed E-state index contributed by atoms with van der Waals surface area (Å²) in [5.74, 6) is 0. The molecule has 11 rings (SSSR count). The fourth-order valence-corrected chi connectivity index (χ4v) is 10.1. The highest BCUT2D eigenvalue weighted by atomic mass is 16.3. The third-order valence-electron chi connectivity index (χ3n) is 13.0. The normalized spacial score (nSPS) is 17.0. The van der Waals surface area contributed by atoms with Gasteiger partial charge in [0.15, 0.2) is 0 Å². The molecule has 2 nitrogen and oxygen atoms in total. The predicted octanol–water partition coefficient (Wildman–Crippen LogP) is 14.4. The van der Waals surface area contributed by atoms with Gasteiger partial charge in [-0.2, -0.15) is 0 Å². The molecule has 7 aromatic carbocycles. The number of fused-ring (bicyclic) bond motifs is 10. The van der Waals surface area contributed by atoms with Crippen molar-refractivity contribution in [2.24, 2.45) is 0 Å². The summed E-state index contributed by atoms with van der Waals surface area (Å²) in [7, 11) is 0. The Kier molecular flexibility index (Phi) is 7.11. The van der Waals surface area contributed by atoms with Crippen LogP contribution in [0.2, 0.25) is 0 Å². The molecule has 3 aliphatic rings. The molecule has 56 heavy (non-hydrogen) atoms. The highest BCUT2D eigenvalue weighted by Crippen LogP contribution is 2.53. The lowest BCUT2D eigenvalue weighted by Crippen LogP contribution is -2.30. The van der Waals surface area contributed by atoms with Crippen LogP contribution in [0.1, 0.15) is 61.9 Å². The summed E-state index contributed by atoms with van der Waals surface area (Å²) in [5.41, 5.74) is 19.6. The third kappa shape index (κ3) is 4.75. The maximum atomic E-state index is 6.98. The van der Waals surface area contributed by atoms with Crippen LogP contribution in [0, 0.1) is 0 Å². The van der Waals surface area contributed by atoms with Crippen LogP contribution in [0.15, 0.2) is 174 Å². The molecule has 0 radical (unpaired) electrons. The van der Waals surface area contributed by atoms with Crippen LogP contribution in [0.3, 0.4) is 0 Å². The van der Waals surface area contributed by atoms with E-state index in [2.05, 4.69) is 202 Å². The molecule has 1 unspecified atom stereocenters. The fraction of sp³-hybridized carbons (Fsp3) is 0.148. The molecule has 0 aliphatic heterocycles. The number of benzene rings is 7. The Bertz CT molecular complexity index is 2940. The second kappa shape index (κ2) is 12.1. The second-order valence-corrected chi connectivity index (χ2v) is 16.8. The maximum absolute atomic E-state index is 6.98. The zero-order valence-corrected chi connectivity index (χ0v) is 32.3. The van der Waals surface area contributed by atoms with Gasteiger partial charge < -0.3 is 9.32 Å². The number of allylic oxidation sites excluding steroid dienone is 2. The van der Waals surface area contributed by atoms with E-state index in [1.165, 1.54) is 72.4 Å². The van der Waals surface area contributed by atoms with Crippen LogP contribution in [0.4, 0.5) is 11.4 Å². The molecule has 270 valence electrons. The first-order valence-corrected chi connectivity index (χ1v) is 20.0. The lowest BCUT2D eigenvalue weighted by Gasteiger charge is -2.34. The molecule has 2 heteroatoms. The minimum atomic E-state index is -0.0799. The Hall–Kier alpha value is -6.38. The number of furan rings is 1. The molecule has 1 aromatic heterocycles. The molecule has 1 atom stereocenters. The Morgan fingerprint density at radius 3 is 1.91 bits per heavy atom. The maximum Gasteiger partial charge on any atom is 0.143 e. The minimum Gasteiger partial charge on any atom is -0.455 e. The summed E-state index contributed by atoms with van der Waals surface area (Å²) in [6, 6.07) is 56.0. The summed E-state index contributed by atoms with van der Waals surface area (Å²) in [6.07, 6.45) is 7.99. The topological polar surface area (TPSA) is 16.4 Å². The van der Waals surface area contributed by atoms with Crippen molar-refractivity contribution < 1.29 is 4.42 Å². The minimum absolute atomic E-state index is 0.0748. The summed E-state index contributed by atoms with van der Waals surface area (Å²) in [4.78, 5) is 2.53. The van der Waals surface area contributed by atoms with E-state index >= 15 is 0 Å². The van der Waals surface area contributed by atoms with Gasteiger partial charge in [-0.25, -0.2) is 0 Å². The number of rotatable bonds is 5. The van der Waals surface area contributed by atoms with Gasteiger partial charge in [0, 0.05) is 44.1 Å². The van der Waals surface area contributed by atoms with E-state index in [1.54, 1.807) is 0 Å². The van der Waals surface area contributed by atoms with E-state index in [9.17, 15) is 0 Å². The molecule has 8 aromatic rings. The van der Waals surface area contributed by atoms with Gasteiger partial charge in [0.25, 0.3) is 0 Å². The Morgan fingerprint density at radius 1 is 0.500 bits per heavy atom. The molecular formula is C54H43NO. The fourth-order valence-electron chi connectivity index (χ4n) is 10.1. The van der Waals surface area contributed by atoms with Gasteiger partial charge in [-0.1, -0.05) is 173 Å². The lowest BCUT2D eigenvalue weighted by atomic mass is 9.82. The van der Waals surface area contributed by atoms with Crippen molar-refractivity contribution in [1.29, 1.82) is 0 Å². The molecule has 0 N–H and O–H groups in total. The van der Waals surface area contributed by atoms with E-state index in [1.807, 2.05) is 0 Å². The Morgan fingerprint density at radius 2 is 1.14 bits per heavy atom. The highest BCUT2D eigenvalue weighted by Gasteiger charge is 2.38. The van der Waals surface area contributed by atoms with Crippen molar-refractivity contribution in [3.63, 3.8) is 0 Å².